The van der Waals surface area contributed by atoms with Crippen molar-refractivity contribution < 1.29 is 4.79 Å². The smallest absolute Gasteiger partial charge is 0.239 e. The first-order valence-electron chi connectivity index (χ1n) is 10.0. The van der Waals surface area contributed by atoms with Gasteiger partial charge in [0.05, 0.1) is 6.04 Å². The molecule has 1 aliphatic rings. The van der Waals surface area contributed by atoms with Gasteiger partial charge in [0.1, 0.15) is 0 Å². The van der Waals surface area contributed by atoms with Crippen LogP contribution in [0.5, 0.6) is 0 Å². The van der Waals surface area contributed by atoms with Gasteiger partial charge in [-0.15, -0.1) is 0 Å². The van der Waals surface area contributed by atoms with Crippen molar-refractivity contribution >= 4 is 5.91 Å². The zero-order valence-electron chi connectivity index (χ0n) is 16.7. The Bertz CT molecular complexity index is 522. The quantitative estimate of drug-likeness (QED) is 0.590. The molecule has 0 radical (unpaired) electrons. The van der Waals surface area contributed by atoms with E-state index in [0.717, 1.165) is 58.3 Å². The summed E-state index contributed by atoms with van der Waals surface area (Å²) in [4.78, 5) is 17.5. The standard InChI is InChI=1S/C21H36N4O/c1-22-14-7-12-20(23-2)21(26)25-15-8-11-19(25)17-24(3)16-13-18-9-5-4-6-10-18/h4-6,9-10,19-20,22-23H,7-8,11-17H2,1-3H3/t19-,20-/m0/s1. The molecule has 1 aromatic carbocycles. The molecule has 26 heavy (non-hydrogen) atoms. The molecule has 0 spiro atoms. The van der Waals surface area contributed by atoms with Crippen LogP contribution in [0, 0.1) is 0 Å². The molecule has 0 aliphatic carbocycles. The monoisotopic (exact) mass is 360 g/mol. The van der Waals surface area contributed by atoms with Crippen LogP contribution in [0.4, 0.5) is 0 Å². The normalized spacial score (nSPS) is 18.5. The lowest BCUT2D eigenvalue weighted by molar-refractivity contribution is -0.134. The molecule has 0 bridgehead atoms. The average Bonchev–Trinajstić information content (AvgIpc) is 3.12. The van der Waals surface area contributed by atoms with Gasteiger partial charge in [-0.25, -0.2) is 0 Å². The molecule has 0 saturated carbocycles. The van der Waals surface area contributed by atoms with Crippen molar-refractivity contribution in [3.05, 3.63) is 35.9 Å². The number of amides is 1. The Labute approximate surface area is 159 Å². The number of rotatable bonds is 11. The summed E-state index contributed by atoms with van der Waals surface area (Å²) in [5, 5.41) is 6.38. The maximum atomic E-state index is 13.0. The molecule has 5 heteroatoms. The highest BCUT2D eigenvalue weighted by atomic mass is 16.2. The number of nitrogens with zero attached hydrogens (tertiary/aromatic N) is 2. The molecule has 5 nitrogen and oxygen atoms in total. The second-order valence-electron chi connectivity index (χ2n) is 7.41. The average molecular weight is 361 g/mol. The lowest BCUT2D eigenvalue weighted by Gasteiger charge is -2.31. The van der Waals surface area contributed by atoms with Gasteiger partial charge in [0.25, 0.3) is 0 Å². The van der Waals surface area contributed by atoms with Crippen molar-refractivity contribution in [1.82, 2.24) is 20.4 Å². The van der Waals surface area contributed by atoms with E-state index < -0.39 is 0 Å². The van der Waals surface area contributed by atoms with E-state index in [-0.39, 0.29) is 11.9 Å². The van der Waals surface area contributed by atoms with Crippen LogP contribution < -0.4 is 10.6 Å². The second kappa shape index (κ2) is 11.3. The van der Waals surface area contributed by atoms with E-state index in [4.69, 9.17) is 0 Å². The van der Waals surface area contributed by atoms with Crippen molar-refractivity contribution in [2.24, 2.45) is 0 Å². The number of benzene rings is 1. The molecular formula is C21H36N4O. The highest BCUT2D eigenvalue weighted by molar-refractivity contribution is 5.82. The van der Waals surface area contributed by atoms with Gasteiger partial charge in [-0.1, -0.05) is 30.3 Å². The Morgan fingerprint density at radius 2 is 2.08 bits per heavy atom. The fraction of sp³-hybridized carbons (Fsp3) is 0.667. The van der Waals surface area contributed by atoms with Gasteiger partial charge in [-0.05, 0) is 65.4 Å². The van der Waals surface area contributed by atoms with Gasteiger partial charge in [0.2, 0.25) is 5.91 Å². The molecule has 1 saturated heterocycles. The lowest BCUT2D eigenvalue weighted by Crippen LogP contribution is -2.50. The summed E-state index contributed by atoms with van der Waals surface area (Å²) in [5.74, 6) is 0.280. The van der Waals surface area contributed by atoms with E-state index in [1.54, 1.807) is 0 Å². The SMILES string of the molecule is CNCCC[C@H](NC)C(=O)N1CCC[C@H]1CN(C)CCc1ccccc1. The molecule has 2 N–H and O–H groups in total. The van der Waals surface area contributed by atoms with Crippen molar-refractivity contribution in [2.75, 3.05) is 47.3 Å². The molecule has 0 unspecified atom stereocenters. The molecule has 1 aromatic rings. The van der Waals surface area contributed by atoms with Crippen LogP contribution >= 0.6 is 0 Å². The topological polar surface area (TPSA) is 47.6 Å². The molecule has 2 atom stereocenters. The minimum absolute atomic E-state index is 0.0569. The Balaban J connectivity index is 1.82. The Hall–Kier alpha value is -1.43. The zero-order chi connectivity index (χ0) is 18.8. The first kappa shape index (κ1) is 20.9. The number of likely N-dealkylation sites (N-methyl/N-ethyl adjacent to an activating group) is 2. The van der Waals surface area contributed by atoms with E-state index >= 15 is 0 Å². The summed E-state index contributed by atoms with van der Waals surface area (Å²) in [5.41, 5.74) is 1.37. The fourth-order valence-corrected chi connectivity index (χ4v) is 3.81. The van der Waals surface area contributed by atoms with E-state index in [9.17, 15) is 4.79 Å². The first-order chi connectivity index (χ1) is 12.7. The van der Waals surface area contributed by atoms with Crippen molar-refractivity contribution in [1.29, 1.82) is 0 Å². The van der Waals surface area contributed by atoms with E-state index in [1.807, 2.05) is 14.1 Å². The minimum Gasteiger partial charge on any atom is -0.337 e. The summed E-state index contributed by atoms with van der Waals surface area (Å²) in [6.07, 6.45) is 5.21. The van der Waals surface area contributed by atoms with Gasteiger partial charge in [-0.2, -0.15) is 0 Å². The molecular weight excluding hydrogens is 324 g/mol. The molecule has 1 fully saturated rings. The van der Waals surface area contributed by atoms with Crippen molar-refractivity contribution in [2.45, 2.75) is 44.2 Å². The van der Waals surface area contributed by atoms with Crippen LogP contribution in [0.25, 0.3) is 0 Å². The van der Waals surface area contributed by atoms with Crippen LogP contribution in [0.15, 0.2) is 30.3 Å². The number of hydrogen-bond donors (Lipinski definition) is 2. The maximum Gasteiger partial charge on any atom is 0.239 e. The number of carbonyl (C=O) groups is 1. The van der Waals surface area contributed by atoms with E-state index in [0.29, 0.717) is 6.04 Å². The summed E-state index contributed by atoms with van der Waals surface area (Å²) >= 11 is 0. The zero-order valence-corrected chi connectivity index (χ0v) is 16.7. The Kier molecular flexibility index (Phi) is 9.09. The highest BCUT2D eigenvalue weighted by Gasteiger charge is 2.32. The number of hydrogen-bond acceptors (Lipinski definition) is 4. The molecule has 1 aliphatic heterocycles. The van der Waals surface area contributed by atoms with Crippen LogP contribution in [0.3, 0.4) is 0 Å². The molecule has 2 rings (SSSR count). The molecule has 0 aromatic heterocycles. The summed E-state index contributed by atoms with van der Waals surface area (Å²) < 4.78 is 0. The van der Waals surface area contributed by atoms with Gasteiger partial charge in [-0.3, -0.25) is 4.79 Å². The third-order valence-corrected chi connectivity index (χ3v) is 5.37. The number of likely N-dealkylation sites (tertiary alicyclic amines) is 1. The van der Waals surface area contributed by atoms with E-state index in [1.165, 1.54) is 5.56 Å². The summed E-state index contributed by atoms with van der Waals surface area (Å²) in [7, 11) is 6.03. The largest absolute Gasteiger partial charge is 0.337 e. The van der Waals surface area contributed by atoms with Gasteiger partial charge in [0.15, 0.2) is 0 Å². The third-order valence-electron chi connectivity index (χ3n) is 5.37. The van der Waals surface area contributed by atoms with Crippen LogP contribution in [-0.2, 0) is 11.2 Å². The Morgan fingerprint density at radius 1 is 1.31 bits per heavy atom. The molecule has 1 heterocycles. The fourth-order valence-electron chi connectivity index (χ4n) is 3.81. The lowest BCUT2D eigenvalue weighted by atomic mass is 10.1. The van der Waals surface area contributed by atoms with Crippen molar-refractivity contribution in [3.63, 3.8) is 0 Å². The highest BCUT2D eigenvalue weighted by Crippen LogP contribution is 2.20. The van der Waals surface area contributed by atoms with Gasteiger partial charge >= 0.3 is 0 Å². The summed E-state index contributed by atoms with van der Waals surface area (Å²) in [6.45, 7) is 3.85. The van der Waals surface area contributed by atoms with Gasteiger partial charge in [0, 0.05) is 25.7 Å². The van der Waals surface area contributed by atoms with Crippen LogP contribution in [0.1, 0.15) is 31.2 Å². The predicted octanol–water partition coefficient (Wildman–Crippen LogP) is 1.74. The molecule has 146 valence electrons. The third kappa shape index (κ3) is 6.38. The second-order valence-corrected chi connectivity index (χ2v) is 7.41. The predicted molar refractivity (Wildman–Crippen MR) is 108 cm³/mol. The van der Waals surface area contributed by atoms with E-state index in [2.05, 4.69) is 57.8 Å². The maximum absolute atomic E-state index is 13.0. The summed E-state index contributed by atoms with van der Waals surface area (Å²) in [6, 6.07) is 10.9. The Morgan fingerprint density at radius 3 is 2.77 bits per heavy atom. The van der Waals surface area contributed by atoms with Crippen molar-refractivity contribution in [3.8, 4) is 0 Å². The number of nitrogens with one attached hydrogen (secondary N) is 2. The number of carbonyl (C=O) groups excluding carboxylic acids is 1. The van der Waals surface area contributed by atoms with Crippen LogP contribution in [0.2, 0.25) is 0 Å². The first-order valence-corrected chi connectivity index (χ1v) is 10.0. The van der Waals surface area contributed by atoms with Crippen LogP contribution in [-0.4, -0.2) is 75.1 Å². The van der Waals surface area contributed by atoms with Gasteiger partial charge < -0.3 is 20.4 Å². The molecule has 1 amide bonds. The minimum atomic E-state index is -0.0569.